The fourth-order valence-electron chi connectivity index (χ4n) is 2.87. The number of aliphatic hydroxyl groups excluding tert-OH is 1. The standard InChI is InChI=1S/C17H27NO2/c1-5-15(19)17(18-11(2)3)20-16-10-9-12(4)13-7-6-8-14(13)16/h9-11,15,17-19H,5-8H2,1-4H3. The van der Waals surface area contributed by atoms with Crippen LogP contribution in [-0.4, -0.2) is 23.5 Å². The summed E-state index contributed by atoms with van der Waals surface area (Å²) in [4.78, 5) is 0. The van der Waals surface area contributed by atoms with E-state index in [1.54, 1.807) is 0 Å². The third-order valence-electron chi connectivity index (χ3n) is 4.00. The average molecular weight is 277 g/mol. The zero-order chi connectivity index (χ0) is 14.7. The topological polar surface area (TPSA) is 41.5 Å². The van der Waals surface area contributed by atoms with E-state index in [0.717, 1.165) is 18.6 Å². The minimum atomic E-state index is -0.490. The van der Waals surface area contributed by atoms with Gasteiger partial charge in [-0.15, -0.1) is 0 Å². The second-order valence-corrected chi connectivity index (χ2v) is 6.03. The quantitative estimate of drug-likeness (QED) is 0.786. The van der Waals surface area contributed by atoms with Crippen molar-refractivity contribution in [3.8, 4) is 5.75 Å². The second-order valence-electron chi connectivity index (χ2n) is 6.03. The van der Waals surface area contributed by atoms with E-state index < -0.39 is 6.10 Å². The lowest BCUT2D eigenvalue weighted by molar-refractivity contribution is 0.00830. The molecule has 1 aliphatic carbocycles. The maximum atomic E-state index is 10.1. The summed E-state index contributed by atoms with van der Waals surface area (Å²) in [7, 11) is 0. The molecule has 1 aromatic rings. The van der Waals surface area contributed by atoms with Crippen LogP contribution in [0.1, 0.15) is 50.3 Å². The number of hydrogen-bond donors (Lipinski definition) is 2. The number of aliphatic hydroxyl groups is 1. The Morgan fingerprint density at radius 3 is 2.60 bits per heavy atom. The first-order valence-corrected chi connectivity index (χ1v) is 7.75. The van der Waals surface area contributed by atoms with Crippen LogP contribution in [-0.2, 0) is 12.8 Å². The van der Waals surface area contributed by atoms with Gasteiger partial charge in [0.25, 0.3) is 0 Å². The maximum absolute atomic E-state index is 10.1. The average Bonchev–Trinajstić information content (AvgIpc) is 2.90. The van der Waals surface area contributed by atoms with Crippen molar-refractivity contribution >= 4 is 0 Å². The van der Waals surface area contributed by atoms with Crippen molar-refractivity contribution in [3.63, 3.8) is 0 Å². The monoisotopic (exact) mass is 277 g/mol. The van der Waals surface area contributed by atoms with Crippen molar-refractivity contribution in [1.29, 1.82) is 0 Å². The number of ether oxygens (including phenoxy) is 1. The largest absolute Gasteiger partial charge is 0.472 e. The Bertz CT molecular complexity index is 457. The molecule has 20 heavy (non-hydrogen) atoms. The van der Waals surface area contributed by atoms with E-state index in [-0.39, 0.29) is 12.3 Å². The van der Waals surface area contributed by atoms with Crippen LogP contribution in [0.4, 0.5) is 0 Å². The molecule has 0 bridgehead atoms. The molecule has 0 saturated carbocycles. The van der Waals surface area contributed by atoms with Crippen molar-refractivity contribution in [2.45, 2.75) is 71.8 Å². The van der Waals surface area contributed by atoms with Crippen LogP contribution in [0.25, 0.3) is 0 Å². The molecule has 2 N–H and O–H groups in total. The molecular weight excluding hydrogens is 250 g/mol. The van der Waals surface area contributed by atoms with E-state index >= 15 is 0 Å². The molecule has 0 spiro atoms. The van der Waals surface area contributed by atoms with Crippen LogP contribution < -0.4 is 10.1 Å². The molecule has 0 heterocycles. The molecule has 1 aliphatic rings. The lowest BCUT2D eigenvalue weighted by Crippen LogP contribution is -2.47. The summed E-state index contributed by atoms with van der Waals surface area (Å²) >= 11 is 0. The zero-order valence-electron chi connectivity index (χ0n) is 13.1. The summed E-state index contributed by atoms with van der Waals surface area (Å²) in [6, 6.07) is 4.46. The molecule has 2 unspecified atom stereocenters. The van der Waals surface area contributed by atoms with E-state index in [4.69, 9.17) is 4.74 Å². The first-order chi connectivity index (χ1) is 9.52. The molecule has 0 aliphatic heterocycles. The summed E-state index contributed by atoms with van der Waals surface area (Å²) in [6.45, 7) is 8.28. The molecular formula is C17H27NO2. The summed E-state index contributed by atoms with van der Waals surface area (Å²) in [5.41, 5.74) is 4.13. The van der Waals surface area contributed by atoms with Gasteiger partial charge in [-0.05, 0) is 69.2 Å². The number of fused-ring (bicyclic) bond motifs is 1. The molecule has 3 nitrogen and oxygen atoms in total. The van der Waals surface area contributed by atoms with Crippen LogP contribution in [0.3, 0.4) is 0 Å². The number of rotatable bonds is 6. The molecule has 0 saturated heterocycles. The Morgan fingerprint density at radius 1 is 1.25 bits per heavy atom. The van der Waals surface area contributed by atoms with Gasteiger partial charge >= 0.3 is 0 Å². The second kappa shape index (κ2) is 6.59. The highest BCUT2D eigenvalue weighted by Gasteiger charge is 2.24. The van der Waals surface area contributed by atoms with Gasteiger partial charge in [0, 0.05) is 6.04 Å². The molecule has 0 fully saturated rings. The number of aryl methyl sites for hydroxylation is 1. The predicted octanol–water partition coefficient (Wildman–Crippen LogP) is 2.96. The van der Waals surface area contributed by atoms with Crippen molar-refractivity contribution in [1.82, 2.24) is 5.32 Å². The molecule has 0 amide bonds. The predicted molar refractivity (Wildman–Crippen MR) is 82.2 cm³/mol. The van der Waals surface area contributed by atoms with Gasteiger partial charge in [0.1, 0.15) is 11.9 Å². The van der Waals surface area contributed by atoms with Crippen LogP contribution in [0.15, 0.2) is 12.1 Å². The summed E-state index contributed by atoms with van der Waals surface area (Å²) in [5, 5.41) is 13.5. The SMILES string of the molecule is CCC(O)C(NC(C)C)Oc1ccc(C)c2c1CCC2. The Labute approximate surface area is 122 Å². The van der Waals surface area contributed by atoms with Crippen LogP contribution in [0, 0.1) is 6.92 Å². The fraction of sp³-hybridized carbons (Fsp3) is 0.647. The Morgan fingerprint density at radius 2 is 1.95 bits per heavy atom. The van der Waals surface area contributed by atoms with E-state index in [1.807, 2.05) is 6.92 Å². The van der Waals surface area contributed by atoms with Crippen LogP contribution in [0.2, 0.25) is 0 Å². The van der Waals surface area contributed by atoms with Gasteiger partial charge in [-0.1, -0.05) is 13.0 Å². The molecule has 2 atom stereocenters. The van der Waals surface area contributed by atoms with Crippen molar-refractivity contribution in [2.75, 3.05) is 0 Å². The Hall–Kier alpha value is -1.06. The number of nitrogens with one attached hydrogen (secondary N) is 1. The van der Waals surface area contributed by atoms with E-state index in [0.29, 0.717) is 6.42 Å². The van der Waals surface area contributed by atoms with Gasteiger partial charge in [-0.3, -0.25) is 5.32 Å². The zero-order valence-corrected chi connectivity index (χ0v) is 13.1. The maximum Gasteiger partial charge on any atom is 0.176 e. The molecule has 2 rings (SSSR count). The fourth-order valence-corrected chi connectivity index (χ4v) is 2.87. The number of benzene rings is 1. The number of hydrogen-bond acceptors (Lipinski definition) is 3. The Balaban J connectivity index is 2.21. The normalized spacial score (nSPS) is 17.1. The van der Waals surface area contributed by atoms with Gasteiger partial charge in [-0.25, -0.2) is 0 Å². The molecule has 0 aromatic heterocycles. The van der Waals surface area contributed by atoms with Crippen molar-refractivity contribution in [2.24, 2.45) is 0 Å². The van der Waals surface area contributed by atoms with E-state index in [9.17, 15) is 5.11 Å². The lowest BCUT2D eigenvalue weighted by Gasteiger charge is -2.27. The smallest absolute Gasteiger partial charge is 0.176 e. The summed E-state index contributed by atoms with van der Waals surface area (Å²) in [6.07, 6.45) is 3.29. The van der Waals surface area contributed by atoms with Gasteiger partial charge in [-0.2, -0.15) is 0 Å². The molecule has 0 radical (unpaired) electrons. The first-order valence-electron chi connectivity index (χ1n) is 7.75. The van der Waals surface area contributed by atoms with Gasteiger partial charge in [0.05, 0.1) is 0 Å². The Kier molecular flexibility index (Phi) is 5.06. The van der Waals surface area contributed by atoms with Crippen molar-refractivity contribution < 1.29 is 9.84 Å². The van der Waals surface area contributed by atoms with Crippen molar-refractivity contribution in [3.05, 3.63) is 28.8 Å². The third kappa shape index (κ3) is 3.33. The van der Waals surface area contributed by atoms with Crippen LogP contribution >= 0.6 is 0 Å². The van der Waals surface area contributed by atoms with Gasteiger partial charge < -0.3 is 9.84 Å². The summed E-state index contributed by atoms with van der Waals surface area (Å²) in [5.74, 6) is 0.939. The summed E-state index contributed by atoms with van der Waals surface area (Å²) < 4.78 is 6.11. The molecule has 3 heteroatoms. The molecule has 112 valence electrons. The minimum absolute atomic E-state index is 0.277. The highest BCUT2D eigenvalue weighted by molar-refractivity contribution is 5.47. The van der Waals surface area contributed by atoms with Crippen LogP contribution in [0.5, 0.6) is 5.75 Å². The van der Waals surface area contributed by atoms with E-state index in [1.165, 1.54) is 23.1 Å². The van der Waals surface area contributed by atoms with Gasteiger partial charge in [0.15, 0.2) is 6.23 Å². The first kappa shape index (κ1) is 15.3. The lowest BCUT2D eigenvalue weighted by atomic mass is 10.0. The van der Waals surface area contributed by atoms with E-state index in [2.05, 4.69) is 38.2 Å². The molecule has 1 aromatic carbocycles. The third-order valence-corrected chi connectivity index (χ3v) is 4.00. The minimum Gasteiger partial charge on any atom is -0.472 e. The highest BCUT2D eigenvalue weighted by atomic mass is 16.5. The van der Waals surface area contributed by atoms with Gasteiger partial charge in [0.2, 0.25) is 0 Å². The highest BCUT2D eigenvalue weighted by Crippen LogP contribution is 2.33.